The van der Waals surface area contributed by atoms with Gasteiger partial charge in [-0.1, -0.05) is 40.9 Å². The lowest BCUT2D eigenvalue weighted by molar-refractivity contribution is 0.408. The van der Waals surface area contributed by atoms with Crippen LogP contribution in [-0.4, -0.2) is 7.11 Å². The first-order valence-corrected chi connectivity index (χ1v) is 6.88. The van der Waals surface area contributed by atoms with E-state index in [4.69, 9.17) is 50.0 Å². The van der Waals surface area contributed by atoms with E-state index in [0.29, 0.717) is 38.9 Å². The van der Waals surface area contributed by atoms with Gasteiger partial charge < -0.3 is 15.2 Å². The van der Waals surface area contributed by atoms with E-state index in [1.54, 1.807) is 19.2 Å². The molecular weight excluding hydrogens is 321 g/mol. The molecule has 2 N–H and O–H groups in total. The van der Waals surface area contributed by atoms with Gasteiger partial charge in [0, 0.05) is 24.2 Å². The summed E-state index contributed by atoms with van der Waals surface area (Å²) in [6.45, 7) is 0.332. The number of hydrogen-bond acceptors (Lipinski definition) is 3. The molecule has 2 rings (SSSR count). The molecule has 0 saturated carbocycles. The van der Waals surface area contributed by atoms with Crippen molar-refractivity contribution in [1.82, 2.24) is 0 Å². The van der Waals surface area contributed by atoms with Crippen molar-refractivity contribution in [2.45, 2.75) is 6.54 Å². The van der Waals surface area contributed by atoms with Crippen LogP contribution in [0.1, 0.15) is 5.56 Å². The average molecular weight is 333 g/mol. The number of rotatable bonds is 4. The van der Waals surface area contributed by atoms with Gasteiger partial charge in [0.2, 0.25) is 0 Å². The largest absolute Gasteiger partial charge is 0.497 e. The SMILES string of the molecule is COc1ccc(CN)c(Oc2cc(Cl)c(Cl)cc2Cl)c1. The van der Waals surface area contributed by atoms with Crippen LogP contribution >= 0.6 is 34.8 Å². The van der Waals surface area contributed by atoms with E-state index in [-0.39, 0.29) is 0 Å². The van der Waals surface area contributed by atoms with Gasteiger partial charge in [0.15, 0.2) is 0 Å². The molecule has 0 saturated heterocycles. The quantitative estimate of drug-likeness (QED) is 0.809. The number of hydrogen-bond donors (Lipinski definition) is 1. The summed E-state index contributed by atoms with van der Waals surface area (Å²) in [5.74, 6) is 1.63. The number of benzene rings is 2. The molecule has 106 valence electrons. The summed E-state index contributed by atoms with van der Waals surface area (Å²) in [7, 11) is 1.58. The van der Waals surface area contributed by atoms with E-state index in [1.807, 2.05) is 12.1 Å². The van der Waals surface area contributed by atoms with Gasteiger partial charge in [0.05, 0.1) is 22.2 Å². The molecule has 0 spiro atoms. The van der Waals surface area contributed by atoms with Crippen molar-refractivity contribution < 1.29 is 9.47 Å². The van der Waals surface area contributed by atoms with Gasteiger partial charge in [-0.25, -0.2) is 0 Å². The van der Waals surface area contributed by atoms with Crippen molar-refractivity contribution in [1.29, 1.82) is 0 Å². The summed E-state index contributed by atoms with van der Waals surface area (Å²) in [6.07, 6.45) is 0. The van der Waals surface area contributed by atoms with Crippen LogP contribution in [0.4, 0.5) is 0 Å². The van der Waals surface area contributed by atoms with Gasteiger partial charge in [-0.05, 0) is 12.1 Å². The number of halogens is 3. The molecule has 0 aromatic heterocycles. The van der Waals surface area contributed by atoms with E-state index >= 15 is 0 Å². The fraction of sp³-hybridized carbons (Fsp3) is 0.143. The lowest BCUT2D eigenvalue weighted by Gasteiger charge is -2.13. The summed E-state index contributed by atoms with van der Waals surface area (Å²) < 4.78 is 10.9. The third kappa shape index (κ3) is 3.30. The Labute approximate surface area is 132 Å². The van der Waals surface area contributed by atoms with Crippen molar-refractivity contribution in [2.75, 3.05) is 7.11 Å². The Balaban J connectivity index is 2.41. The Kier molecular flexibility index (Phi) is 5.00. The van der Waals surface area contributed by atoms with E-state index in [0.717, 1.165) is 5.56 Å². The van der Waals surface area contributed by atoms with E-state index in [1.165, 1.54) is 6.07 Å². The molecule has 3 nitrogen and oxygen atoms in total. The maximum atomic E-state index is 6.09. The number of methoxy groups -OCH3 is 1. The molecule has 0 aliphatic heterocycles. The lowest BCUT2D eigenvalue weighted by Crippen LogP contribution is -2.00. The predicted octanol–water partition coefficient (Wildman–Crippen LogP) is 4.91. The normalized spacial score (nSPS) is 10.4. The molecule has 0 unspecified atom stereocenters. The zero-order chi connectivity index (χ0) is 14.7. The minimum Gasteiger partial charge on any atom is -0.497 e. The summed E-state index contributed by atoms with van der Waals surface area (Å²) >= 11 is 17.9. The highest BCUT2D eigenvalue weighted by Gasteiger charge is 2.11. The molecule has 2 aromatic carbocycles. The molecule has 0 fully saturated rings. The number of nitrogens with two attached hydrogens (primary N) is 1. The Morgan fingerprint density at radius 3 is 2.30 bits per heavy atom. The smallest absolute Gasteiger partial charge is 0.147 e. The highest BCUT2D eigenvalue weighted by Crippen LogP contribution is 2.38. The molecule has 0 amide bonds. The molecule has 6 heteroatoms. The lowest BCUT2D eigenvalue weighted by atomic mass is 10.2. The van der Waals surface area contributed by atoms with Crippen molar-refractivity contribution >= 4 is 34.8 Å². The van der Waals surface area contributed by atoms with Crippen molar-refractivity contribution in [2.24, 2.45) is 5.73 Å². The molecule has 0 aliphatic carbocycles. The van der Waals surface area contributed by atoms with Crippen LogP contribution in [-0.2, 0) is 6.54 Å². The predicted molar refractivity (Wildman–Crippen MR) is 82.4 cm³/mol. The summed E-state index contributed by atoms with van der Waals surface area (Å²) in [5, 5.41) is 1.10. The molecule has 2 aromatic rings. The molecule has 0 aliphatic rings. The summed E-state index contributed by atoms with van der Waals surface area (Å²) in [6, 6.07) is 8.47. The molecule has 0 atom stereocenters. The summed E-state index contributed by atoms with van der Waals surface area (Å²) in [4.78, 5) is 0. The minimum absolute atomic E-state index is 0.332. The molecule has 0 radical (unpaired) electrons. The van der Waals surface area contributed by atoms with Crippen LogP contribution in [0.2, 0.25) is 15.1 Å². The van der Waals surface area contributed by atoms with Crippen molar-refractivity contribution in [3.05, 3.63) is 51.0 Å². The maximum Gasteiger partial charge on any atom is 0.147 e. The van der Waals surface area contributed by atoms with Gasteiger partial charge in [-0.15, -0.1) is 0 Å². The third-order valence-electron chi connectivity index (χ3n) is 2.69. The van der Waals surface area contributed by atoms with Crippen LogP contribution in [0.25, 0.3) is 0 Å². The average Bonchev–Trinajstić information content (AvgIpc) is 2.44. The number of ether oxygens (including phenoxy) is 2. The first-order valence-electron chi connectivity index (χ1n) is 5.74. The van der Waals surface area contributed by atoms with E-state index in [9.17, 15) is 0 Å². The molecular formula is C14H12Cl3NO2. The standard InChI is InChI=1S/C14H12Cl3NO2/c1-19-9-3-2-8(7-18)13(4-9)20-14-6-11(16)10(15)5-12(14)17/h2-6H,7,18H2,1H3. The van der Waals surface area contributed by atoms with E-state index < -0.39 is 0 Å². The monoisotopic (exact) mass is 331 g/mol. The second-order valence-electron chi connectivity index (χ2n) is 3.98. The van der Waals surface area contributed by atoms with Crippen LogP contribution in [0, 0.1) is 0 Å². The first-order chi connectivity index (χ1) is 9.55. The molecule has 20 heavy (non-hydrogen) atoms. The summed E-state index contributed by atoms with van der Waals surface area (Å²) in [5.41, 5.74) is 6.51. The van der Waals surface area contributed by atoms with Gasteiger partial charge in [-0.2, -0.15) is 0 Å². The topological polar surface area (TPSA) is 44.5 Å². The van der Waals surface area contributed by atoms with Gasteiger partial charge in [0.25, 0.3) is 0 Å². The van der Waals surface area contributed by atoms with Crippen LogP contribution in [0.15, 0.2) is 30.3 Å². The second-order valence-corrected chi connectivity index (χ2v) is 5.20. The van der Waals surface area contributed by atoms with Crippen LogP contribution in [0.3, 0.4) is 0 Å². The molecule has 0 bridgehead atoms. The van der Waals surface area contributed by atoms with Gasteiger partial charge in [0.1, 0.15) is 17.2 Å². The first kappa shape index (κ1) is 15.3. The van der Waals surface area contributed by atoms with Gasteiger partial charge in [-0.3, -0.25) is 0 Å². The Hall–Kier alpha value is -1.13. The fourth-order valence-corrected chi connectivity index (χ4v) is 2.20. The van der Waals surface area contributed by atoms with Gasteiger partial charge >= 0.3 is 0 Å². The highest BCUT2D eigenvalue weighted by molar-refractivity contribution is 6.43. The van der Waals surface area contributed by atoms with Crippen LogP contribution in [0.5, 0.6) is 17.2 Å². The van der Waals surface area contributed by atoms with Crippen LogP contribution < -0.4 is 15.2 Å². The highest BCUT2D eigenvalue weighted by atomic mass is 35.5. The Morgan fingerprint density at radius 1 is 0.950 bits per heavy atom. The Bertz CT molecular complexity index is 632. The zero-order valence-electron chi connectivity index (χ0n) is 10.6. The Morgan fingerprint density at radius 2 is 1.65 bits per heavy atom. The zero-order valence-corrected chi connectivity index (χ0v) is 12.9. The van der Waals surface area contributed by atoms with Crippen molar-refractivity contribution in [3.8, 4) is 17.2 Å². The molecule has 0 heterocycles. The second kappa shape index (κ2) is 6.55. The third-order valence-corrected chi connectivity index (χ3v) is 3.71. The maximum absolute atomic E-state index is 6.09. The fourth-order valence-electron chi connectivity index (χ4n) is 1.63. The minimum atomic E-state index is 0.332. The van der Waals surface area contributed by atoms with E-state index in [2.05, 4.69) is 0 Å². The van der Waals surface area contributed by atoms with Crippen molar-refractivity contribution in [3.63, 3.8) is 0 Å².